The van der Waals surface area contributed by atoms with Crippen LogP contribution in [0.25, 0.3) is 11.1 Å². The first kappa shape index (κ1) is 15.0. The zero-order valence-electron chi connectivity index (χ0n) is 13.3. The van der Waals surface area contributed by atoms with Crippen LogP contribution in [0.4, 0.5) is 0 Å². The molecule has 3 aromatic rings. The number of rotatable bonds is 4. The molecule has 1 N–H and O–H groups in total. The van der Waals surface area contributed by atoms with Crippen molar-refractivity contribution in [1.29, 1.82) is 5.41 Å². The first-order valence-corrected chi connectivity index (χ1v) is 7.58. The Hall–Kier alpha value is -2.87. The predicted octanol–water partition coefficient (Wildman–Crippen LogP) is 5.09. The Balaban J connectivity index is 2.03. The first-order chi connectivity index (χ1) is 11.2. The molecule has 3 aromatic carbocycles. The van der Waals surface area contributed by atoms with Crippen LogP contribution in [0, 0.1) is 12.3 Å². The second-order valence-corrected chi connectivity index (χ2v) is 5.52. The molecule has 2 nitrogen and oxygen atoms in total. The van der Waals surface area contributed by atoms with E-state index in [0.717, 1.165) is 28.0 Å². The summed E-state index contributed by atoms with van der Waals surface area (Å²) in [5, 5.41) is 8.59. The summed E-state index contributed by atoms with van der Waals surface area (Å²) in [6.07, 6.45) is 0. The highest BCUT2D eigenvalue weighted by molar-refractivity contribution is 6.14. The lowest BCUT2D eigenvalue weighted by atomic mass is 9.93. The number of aryl methyl sites for hydroxylation is 1. The number of ether oxygens (including phenoxy) is 1. The molecular formula is C21H19NO. The smallest absolute Gasteiger partial charge is 0.118 e. The molecule has 114 valence electrons. The standard InChI is InChI=1S/C21H19NO/c1-15-7-9-17(10-8-15)21(22)20-6-4-3-5-19(20)16-11-13-18(23-2)14-12-16/h3-14,22H,1-2H3. The van der Waals surface area contributed by atoms with E-state index in [0.29, 0.717) is 5.71 Å². The van der Waals surface area contributed by atoms with Gasteiger partial charge in [0.1, 0.15) is 5.75 Å². The van der Waals surface area contributed by atoms with E-state index in [2.05, 4.69) is 13.0 Å². The van der Waals surface area contributed by atoms with E-state index >= 15 is 0 Å². The van der Waals surface area contributed by atoms with Crippen LogP contribution in [0.15, 0.2) is 72.8 Å². The van der Waals surface area contributed by atoms with Gasteiger partial charge >= 0.3 is 0 Å². The fourth-order valence-electron chi connectivity index (χ4n) is 2.60. The number of nitrogens with one attached hydrogen (secondary N) is 1. The second-order valence-electron chi connectivity index (χ2n) is 5.52. The van der Waals surface area contributed by atoms with Crippen molar-refractivity contribution in [1.82, 2.24) is 0 Å². The molecule has 0 bridgehead atoms. The van der Waals surface area contributed by atoms with Crippen LogP contribution >= 0.6 is 0 Å². The molecule has 0 fully saturated rings. The number of benzene rings is 3. The maximum atomic E-state index is 8.59. The van der Waals surface area contributed by atoms with E-state index < -0.39 is 0 Å². The number of hydrogen-bond donors (Lipinski definition) is 1. The van der Waals surface area contributed by atoms with Crippen LogP contribution < -0.4 is 4.74 Å². The van der Waals surface area contributed by atoms with Crippen LogP contribution in [-0.4, -0.2) is 12.8 Å². The molecule has 2 heteroatoms. The van der Waals surface area contributed by atoms with Gasteiger partial charge in [-0.15, -0.1) is 0 Å². The molecule has 0 spiro atoms. The van der Waals surface area contributed by atoms with Crippen molar-refractivity contribution in [3.8, 4) is 16.9 Å². The van der Waals surface area contributed by atoms with Gasteiger partial charge in [-0.2, -0.15) is 0 Å². The molecule has 3 rings (SSSR count). The fraction of sp³-hybridized carbons (Fsp3) is 0.0952. The monoisotopic (exact) mass is 301 g/mol. The van der Waals surface area contributed by atoms with Gasteiger partial charge in [-0.05, 0) is 30.2 Å². The van der Waals surface area contributed by atoms with Crippen molar-refractivity contribution >= 4 is 5.71 Å². The molecule has 0 amide bonds. The van der Waals surface area contributed by atoms with Crippen LogP contribution in [0.3, 0.4) is 0 Å². The van der Waals surface area contributed by atoms with Crippen molar-refractivity contribution < 1.29 is 4.74 Å². The van der Waals surface area contributed by atoms with Gasteiger partial charge in [-0.1, -0.05) is 66.2 Å². The van der Waals surface area contributed by atoms with Gasteiger partial charge in [0.05, 0.1) is 12.8 Å². The lowest BCUT2D eigenvalue weighted by Crippen LogP contribution is -2.03. The lowest BCUT2D eigenvalue weighted by molar-refractivity contribution is 0.415. The topological polar surface area (TPSA) is 33.1 Å². The van der Waals surface area contributed by atoms with Gasteiger partial charge in [0, 0.05) is 11.1 Å². The summed E-state index contributed by atoms with van der Waals surface area (Å²) < 4.78 is 5.22. The van der Waals surface area contributed by atoms with Crippen LogP contribution in [-0.2, 0) is 0 Å². The fourth-order valence-corrected chi connectivity index (χ4v) is 2.60. The van der Waals surface area contributed by atoms with Crippen molar-refractivity contribution in [2.75, 3.05) is 7.11 Å². The van der Waals surface area contributed by atoms with E-state index in [4.69, 9.17) is 10.1 Å². The minimum absolute atomic E-state index is 0.538. The summed E-state index contributed by atoms with van der Waals surface area (Å²) in [4.78, 5) is 0. The third kappa shape index (κ3) is 3.16. The van der Waals surface area contributed by atoms with Crippen molar-refractivity contribution in [3.05, 3.63) is 89.5 Å². The molecular weight excluding hydrogens is 282 g/mol. The number of hydrogen-bond acceptors (Lipinski definition) is 2. The van der Waals surface area contributed by atoms with Gasteiger partial charge < -0.3 is 4.74 Å². The van der Waals surface area contributed by atoms with E-state index in [1.165, 1.54) is 5.56 Å². The minimum atomic E-state index is 0.538. The van der Waals surface area contributed by atoms with Crippen LogP contribution in [0.5, 0.6) is 5.75 Å². The van der Waals surface area contributed by atoms with Crippen molar-refractivity contribution in [3.63, 3.8) is 0 Å². The average molecular weight is 301 g/mol. The Bertz CT molecular complexity index is 817. The summed E-state index contributed by atoms with van der Waals surface area (Å²) in [7, 11) is 1.66. The maximum Gasteiger partial charge on any atom is 0.118 e. The van der Waals surface area contributed by atoms with Crippen molar-refractivity contribution in [2.45, 2.75) is 6.92 Å². The number of methoxy groups -OCH3 is 1. The summed E-state index contributed by atoms with van der Waals surface area (Å²) in [6.45, 7) is 2.05. The van der Waals surface area contributed by atoms with Crippen LogP contribution in [0.1, 0.15) is 16.7 Å². The molecule has 0 atom stereocenters. The van der Waals surface area contributed by atoms with Gasteiger partial charge in [-0.3, -0.25) is 5.41 Å². The maximum absolute atomic E-state index is 8.59. The Kier molecular flexibility index (Phi) is 4.24. The van der Waals surface area contributed by atoms with E-state index in [1.54, 1.807) is 7.11 Å². The molecule has 0 aliphatic heterocycles. The minimum Gasteiger partial charge on any atom is -0.497 e. The van der Waals surface area contributed by atoms with Crippen molar-refractivity contribution in [2.24, 2.45) is 0 Å². The molecule has 23 heavy (non-hydrogen) atoms. The lowest BCUT2D eigenvalue weighted by Gasteiger charge is -2.12. The molecule has 0 unspecified atom stereocenters. The van der Waals surface area contributed by atoms with Gasteiger partial charge in [-0.25, -0.2) is 0 Å². The molecule has 0 heterocycles. The molecule has 0 aliphatic rings. The van der Waals surface area contributed by atoms with Gasteiger partial charge in [0.15, 0.2) is 0 Å². The third-order valence-electron chi connectivity index (χ3n) is 3.94. The quantitative estimate of drug-likeness (QED) is 0.669. The summed E-state index contributed by atoms with van der Waals surface area (Å²) in [5.74, 6) is 0.833. The summed E-state index contributed by atoms with van der Waals surface area (Å²) in [6, 6.07) is 24.1. The summed E-state index contributed by atoms with van der Waals surface area (Å²) >= 11 is 0. The molecule has 0 radical (unpaired) electrons. The third-order valence-corrected chi connectivity index (χ3v) is 3.94. The SMILES string of the molecule is COc1ccc(-c2ccccc2C(=N)c2ccc(C)cc2)cc1. The van der Waals surface area contributed by atoms with E-state index in [1.807, 2.05) is 66.7 Å². The molecule has 0 aliphatic carbocycles. The highest BCUT2D eigenvalue weighted by Gasteiger charge is 2.11. The summed E-state index contributed by atoms with van der Waals surface area (Å²) in [5.41, 5.74) is 5.73. The normalized spacial score (nSPS) is 10.3. The largest absolute Gasteiger partial charge is 0.497 e. The Labute approximate surface area is 136 Å². The Morgan fingerprint density at radius 2 is 1.48 bits per heavy atom. The van der Waals surface area contributed by atoms with E-state index in [9.17, 15) is 0 Å². The Morgan fingerprint density at radius 1 is 0.826 bits per heavy atom. The van der Waals surface area contributed by atoms with Gasteiger partial charge in [0.2, 0.25) is 0 Å². The van der Waals surface area contributed by atoms with Gasteiger partial charge in [0.25, 0.3) is 0 Å². The average Bonchev–Trinajstić information content (AvgIpc) is 2.62. The molecule has 0 saturated carbocycles. The first-order valence-electron chi connectivity index (χ1n) is 7.58. The highest BCUT2D eigenvalue weighted by atomic mass is 16.5. The predicted molar refractivity (Wildman–Crippen MR) is 95.5 cm³/mol. The Morgan fingerprint density at radius 3 is 2.13 bits per heavy atom. The molecule has 0 aromatic heterocycles. The zero-order valence-corrected chi connectivity index (χ0v) is 13.3. The second kappa shape index (κ2) is 6.49. The zero-order chi connectivity index (χ0) is 16.2. The highest BCUT2D eigenvalue weighted by Crippen LogP contribution is 2.27. The van der Waals surface area contributed by atoms with E-state index in [-0.39, 0.29) is 0 Å². The molecule has 0 saturated heterocycles. The van der Waals surface area contributed by atoms with Crippen LogP contribution in [0.2, 0.25) is 0 Å².